The number of aromatic carboxylic acids is 1. The summed E-state index contributed by atoms with van der Waals surface area (Å²) in [5, 5.41) is 14.7. The highest BCUT2D eigenvalue weighted by Crippen LogP contribution is 2.30. The number of carbonyl (C=O) groups is 2. The van der Waals surface area contributed by atoms with Crippen molar-refractivity contribution in [1.29, 1.82) is 0 Å². The normalized spacial score (nSPS) is 12.0. The van der Waals surface area contributed by atoms with E-state index in [-0.39, 0.29) is 11.6 Å². The Labute approximate surface area is 210 Å². The predicted octanol–water partition coefficient (Wildman–Crippen LogP) is 4.31. The highest BCUT2D eigenvalue weighted by atomic mass is 35.5. The number of nitrogens with zero attached hydrogens (tertiary/aromatic N) is 3. The van der Waals surface area contributed by atoms with Crippen LogP contribution in [0.15, 0.2) is 35.1 Å². The molecule has 0 fully saturated rings. The van der Waals surface area contributed by atoms with Crippen molar-refractivity contribution in [3.8, 4) is 11.4 Å². The fourth-order valence-corrected chi connectivity index (χ4v) is 3.44. The maximum atomic E-state index is 15.1. The molecule has 0 aliphatic carbocycles. The first-order chi connectivity index (χ1) is 17.5. The first kappa shape index (κ1) is 27.6. The number of anilines is 1. The second kappa shape index (κ2) is 11.4. The quantitative estimate of drug-likeness (QED) is 0.365. The molecule has 37 heavy (non-hydrogen) atoms. The van der Waals surface area contributed by atoms with Crippen molar-refractivity contribution in [2.45, 2.75) is 32.4 Å². The zero-order valence-corrected chi connectivity index (χ0v) is 19.6. The van der Waals surface area contributed by atoms with Crippen LogP contribution < -0.4 is 15.7 Å². The Morgan fingerprint density at radius 2 is 1.92 bits per heavy atom. The molecule has 2 aromatic carbocycles. The lowest BCUT2D eigenvalue weighted by Gasteiger charge is -2.19. The van der Waals surface area contributed by atoms with Crippen LogP contribution in [0.3, 0.4) is 0 Å². The zero-order valence-electron chi connectivity index (χ0n) is 18.9. The van der Waals surface area contributed by atoms with E-state index in [2.05, 4.69) is 10.4 Å². The number of benzene rings is 2. The molecule has 0 radical (unpaired) electrons. The van der Waals surface area contributed by atoms with Gasteiger partial charge in [-0.05, 0) is 24.6 Å². The maximum Gasteiger partial charge on any atom is 0.374 e. The SMILES string of the molecule is CCCn1c(C(=O)O)nn(-c2cc(O[C@@H](CF)C(F)F)c(C(=O)Nc3c(F)cccc3Cl)cc2F)c1=O. The molecule has 1 aromatic heterocycles. The third-order valence-corrected chi connectivity index (χ3v) is 5.25. The molecule has 1 atom stereocenters. The highest BCUT2D eigenvalue weighted by molar-refractivity contribution is 6.34. The molecule has 0 spiro atoms. The van der Waals surface area contributed by atoms with E-state index in [1.54, 1.807) is 6.92 Å². The third-order valence-electron chi connectivity index (χ3n) is 4.94. The topological polar surface area (TPSA) is 115 Å². The van der Waals surface area contributed by atoms with Crippen LogP contribution in [0.25, 0.3) is 5.69 Å². The minimum absolute atomic E-state index is 0.0926. The number of halogens is 6. The van der Waals surface area contributed by atoms with Gasteiger partial charge >= 0.3 is 11.7 Å². The molecule has 0 bridgehead atoms. The van der Waals surface area contributed by atoms with Crippen molar-refractivity contribution >= 4 is 29.2 Å². The van der Waals surface area contributed by atoms with Crippen LogP contribution in [0.2, 0.25) is 5.02 Å². The lowest BCUT2D eigenvalue weighted by Crippen LogP contribution is -2.29. The summed E-state index contributed by atoms with van der Waals surface area (Å²) in [6.45, 7) is -0.165. The number of hydrogen-bond donors (Lipinski definition) is 2. The van der Waals surface area contributed by atoms with E-state index >= 15 is 4.39 Å². The van der Waals surface area contributed by atoms with Crippen molar-refractivity contribution in [2.24, 2.45) is 0 Å². The molecule has 0 unspecified atom stereocenters. The first-order valence-corrected chi connectivity index (χ1v) is 10.9. The number of aromatic nitrogens is 3. The minimum Gasteiger partial charge on any atom is -0.481 e. The largest absolute Gasteiger partial charge is 0.481 e. The average Bonchev–Trinajstić information content (AvgIpc) is 3.16. The summed E-state index contributed by atoms with van der Waals surface area (Å²) in [6, 6.07) is 4.50. The van der Waals surface area contributed by atoms with Crippen molar-refractivity contribution < 1.29 is 41.4 Å². The van der Waals surface area contributed by atoms with E-state index in [1.807, 2.05) is 0 Å². The summed E-state index contributed by atoms with van der Waals surface area (Å²) < 4.78 is 74.9. The Morgan fingerprint density at radius 1 is 1.22 bits per heavy atom. The summed E-state index contributed by atoms with van der Waals surface area (Å²) in [4.78, 5) is 37.1. The molecule has 0 saturated carbocycles. The standard InChI is InChI=1S/C22H18ClF5N4O5/c1-2-6-31-19(21(34)35)30-32(22(31)36)14-8-15(37-16(9-24)18(27)28)10(7-13(14)26)20(33)29-17-11(23)4-3-5-12(17)25/h3-5,7-8,16,18H,2,6,9H2,1H3,(H,29,33)(H,34,35)/t16-/m0/s1. The number of amides is 1. The highest BCUT2D eigenvalue weighted by Gasteiger charge is 2.28. The van der Waals surface area contributed by atoms with E-state index in [0.29, 0.717) is 23.2 Å². The van der Waals surface area contributed by atoms with Crippen LogP contribution in [-0.2, 0) is 6.54 Å². The van der Waals surface area contributed by atoms with Crippen LogP contribution >= 0.6 is 11.6 Å². The van der Waals surface area contributed by atoms with Crippen molar-refractivity contribution in [1.82, 2.24) is 14.3 Å². The summed E-state index contributed by atoms with van der Waals surface area (Å²) >= 11 is 5.87. The molecule has 0 aliphatic rings. The van der Waals surface area contributed by atoms with Gasteiger partial charge in [-0.2, -0.15) is 4.68 Å². The molecule has 1 heterocycles. The Balaban J connectivity index is 2.18. The smallest absolute Gasteiger partial charge is 0.374 e. The summed E-state index contributed by atoms with van der Waals surface area (Å²) in [7, 11) is 0. The molecular weight excluding hydrogens is 531 g/mol. The summed E-state index contributed by atoms with van der Waals surface area (Å²) in [5.41, 5.74) is -3.15. The van der Waals surface area contributed by atoms with Gasteiger partial charge < -0.3 is 15.2 Å². The van der Waals surface area contributed by atoms with Crippen molar-refractivity contribution in [3.63, 3.8) is 0 Å². The van der Waals surface area contributed by atoms with E-state index in [0.717, 1.165) is 10.6 Å². The first-order valence-electron chi connectivity index (χ1n) is 10.5. The number of carbonyl (C=O) groups excluding carboxylic acids is 1. The maximum absolute atomic E-state index is 15.1. The average molecular weight is 549 g/mol. The predicted molar refractivity (Wildman–Crippen MR) is 121 cm³/mol. The van der Waals surface area contributed by atoms with Crippen LogP contribution in [0.1, 0.15) is 34.3 Å². The molecule has 3 aromatic rings. The van der Waals surface area contributed by atoms with Crippen molar-refractivity contribution in [3.05, 3.63) is 68.9 Å². The van der Waals surface area contributed by atoms with Crippen LogP contribution in [0.5, 0.6) is 5.75 Å². The van der Waals surface area contributed by atoms with E-state index in [1.165, 1.54) is 12.1 Å². The lowest BCUT2D eigenvalue weighted by atomic mass is 10.1. The second-order valence-corrected chi connectivity index (χ2v) is 7.88. The van der Waals surface area contributed by atoms with Gasteiger partial charge in [-0.3, -0.25) is 9.36 Å². The fourth-order valence-electron chi connectivity index (χ4n) is 3.23. The Bertz CT molecular complexity index is 1370. The molecule has 2 N–H and O–H groups in total. The number of para-hydroxylation sites is 1. The van der Waals surface area contributed by atoms with Gasteiger partial charge in [0.15, 0.2) is 6.10 Å². The van der Waals surface area contributed by atoms with Gasteiger partial charge in [-0.25, -0.2) is 31.5 Å². The van der Waals surface area contributed by atoms with Crippen LogP contribution in [0, 0.1) is 11.6 Å². The van der Waals surface area contributed by atoms with Crippen LogP contribution in [0.4, 0.5) is 27.6 Å². The van der Waals surface area contributed by atoms with Gasteiger partial charge in [0, 0.05) is 12.6 Å². The van der Waals surface area contributed by atoms with E-state index in [9.17, 15) is 37.1 Å². The Kier molecular flexibility index (Phi) is 8.53. The molecular formula is C22H18ClF5N4O5. The number of hydrogen-bond acceptors (Lipinski definition) is 5. The van der Waals surface area contributed by atoms with E-state index < -0.39 is 76.9 Å². The number of ether oxygens (including phenoxy) is 1. The van der Waals surface area contributed by atoms with Gasteiger partial charge in [-0.15, -0.1) is 5.10 Å². The second-order valence-electron chi connectivity index (χ2n) is 7.47. The molecule has 15 heteroatoms. The Morgan fingerprint density at radius 3 is 2.49 bits per heavy atom. The van der Waals surface area contributed by atoms with E-state index in [4.69, 9.17) is 16.3 Å². The van der Waals surface area contributed by atoms with Gasteiger partial charge in [-0.1, -0.05) is 24.6 Å². The molecule has 0 aliphatic heterocycles. The number of alkyl halides is 3. The molecule has 0 saturated heterocycles. The summed E-state index contributed by atoms with van der Waals surface area (Å²) in [6.07, 6.45) is -5.46. The summed E-state index contributed by atoms with van der Waals surface area (Å²) in [5.74, 6) is -6.73. The van der Waals surface area contributed by atoms with Gasteiger partial charge in [0.25, 0.3) is 12.3 Å². The van der Waals surface area contributed by atoms with Gasteiger partial charge in [0.2, 0.25) is 5.82 Å². The monoisotopic (exact) mass is 548 g/mol. The number of rotatable bonds is 10. The van der Waals surface area contributed by atoms with Gasteiger partial charge in [0.1, 0.15) is 29.7 Å². The number of nitrogens with one attached hydrogen (secondary N) is 1. The lowest BCUT2D eigenvalue weighted by molar-refractivity contribution is -0.00159. The molecule has 9 nitrogen and oxygen atoms in total. The van der Waals surface area contributed by atoms with Gasteiger partial charge in [0.05, 0.1) is 16.3 Å². The fraction of sp³-hybridized carbons (Fsp3) is 0.273. The molecule has 198 valence electrons. The third kappa shape index (κ3) is 5.74. The number of carboxylic acids is 1. The molecule has 1 amide bonds. The van der Waals surface area contributed by atoms with Crippen molar-refractivity contribution in [2.75, 3.05) is 12.0 Å². The number of carboxylic acid groups (broad SMARTS) is 1. The Hall–Kier alpha value is -3.94. The van der Waals surface area contributed by atoms with Crippen LogP contribution in [-0.4, -0.2) is 50.5 Å². The molecule has 3 rings (SSSR count). The minimum atomic E-state index is -3.37. The zero-order chi connectivity index (χ0) is 27.4.